The van der Waals surface area contributed by atoms with Gasteiger partial charge in [-0.05, 0) is 23.6 Å². The highest BCUT2D eigenvalue weighted by atomic mass is 16.2. The van der Waals surface area contributed by atoms with Crippen LogP contribution in [-0.4, -0.2) is 19.0 Å². The highest BCUT2D eigenvalue weighted by Crippen LogP contribution is 2.15. The standard InChI is InChI=1S/C18H21N3O2/c1-13-8-6-7-11-15(13)12-20-16(14-9-4-3-5-10-14)17(22)21-18(23)19-2/h3-11,16,20H,12H2,1-2H3,(H2,19,21,22,23)/t16-/m0/s1. The first kappa shape index (κ1) is 16.7. The van der Waals surface area contributed by atoms with Crippen molar-refractivity contribution in [3.63, 3.8) is 0 Å². The van der Waals surface area contributed by atoms with Crippen LogP contribution in [0.3, 0.4) is 0 Å². The number of hydrogen-bond acceptors (Lipinski definition) is 3. The number of carbonyl (C=O) groups excluding carboxylic acids is 2. The van der Waals surface area contributed by atoms with Crippen molar-refractivity contribution in [2.45, 2.75) is 19.5 Å². The Bertz CT molecular complexity index is 671. The smallest absolute Gasteiger partial charge is 0.321 e. The van der Waals surface area contributed by atoms with E-state index >= 15 is 0 Å². The van der Waals surface area contributed by atoms with Gasteiger partial charge in [0.2, 0.25) is 5.91 Å². The third-order valence-electron chi connectivity index (χ3n) is 3.62. The molecule has 1 atom stereocenters. The number of amides is 3. The van der Waals surface area contributed by atoms with Gasteiger partial charge < -0.3 is 5.32 Å². The molecule has 0 spiro atoms. The molecule has 2 rings (SSSR count). The highest BCUT2D eigenvalue weighted by Gasteiger charge is 2.21. The van der Waals surface area contributed by atoms with Crippen LogP contribution in [0.15, 0.2) is 54.6 Å². The molecule has 2 aromatic rings. The lowest BCUT2D eigenvalue weighted by Crippen LogP contribution is -2.44. The van der Waals surface area contributed by atoms with E-state index in [-0.39, 0.29) is 5.91 Å². The van der Waals surface area contributed by atoms with Crippen molar-refractivity contribution in [1.82, 2.24) is 16.0 Å². The van der Waals surface area contributed by atoms with Gasteiger partial charge >= 0.3 is 6.03 Å². The van der Waals surface area contributed by atoms with Crippen molar-refractivity contribution < 1.29 is 9.59 Å². The van der Waals surface area contributed by atoms with Crippen LogP contribution in [0, 0.1) is 6.92 Å². The van der Waals surface area contributed by atoms with Crippen LogP contribution in [-0.2, 0) is 11.3 Å². The molecular formula is C18H21N3O2. The molecule has 5 nitrogen and oxygen atoms in total. The van der Waals surface area contributed by atoms with Crippen LogP contribution in [0.1, 0.15) is 22.7 Å². The minimum Gasteiger partial charge on any atom is -0.341 e. The van der Waals surface area contributed by atoms with Crippen molar-refractivity contribution >= 4 is 11.9 Å². The fourth-order valence-electron chi connectivity index (χ4n) is 2.27. The molecule has 0 aliphatic heterocycles. The van der Waals surface area contributed by atoms with Gasteiger partial charge in [-0.25, -0.2) is 4.79 Å². The van der Waals surface area contributed by atoms with Gasteiger partial charge in [0.15, 0.2) is 0 Å². The van der Waals surface area contributed by atoms with Gasteiger partial charge in [-0.3, -0.25) is 15.4 Å². The van der Waals surface area contributed by atoms with E-state index in [2.05, 4.69) is 16.0 Å². The molecule has 0 aromatic heterocycles. The number of carbonyl (C=O) groups is 2. The zero-order valence-corrected chi connectivity index (χ0v) is 13.3. The Hall–Kier alpha value is -2.66. The summed E-state index contributed by atoms with van der Waals surface area (Å²) >= 11 is 0. The van der Waals surface area contributed by atoms with Gasteiger partial charge in [0.1, 0.15) is 6.04 Å². The molecule has 0 aliphatic carbocycles. The first-order valence-corrected chi connectivity index (χ1v) is 7.47. The molecule has 0 fully saturated rings. The zero-order chi connectivity index (χ0) is 16.7. The molecule has 3 N–H and O–H groups in total. The van der Waals surface area contributed by atoms with Crippen molar-refractivity contribution in [2.75, 3.05) is 7.05 Å². The van der Waals surface area contributed by atoms with Crippen molar-refractivity contribution in [3.8, 4) is 0 Å². The van der Waals surface area contributed by atoms with Crippen molar-refractivity contribution in [2.24, 2.45) is 0 Å². The van der Waals surface area contributed by atoms with E-state index in [1.54, 1.807) is 0 Å². The summed E-state index contributed by atoms with van der Waals surface area (Å²) in [5, 5.41) is 7.94. The molecule has 23 heavy (non-hydrogen) atoms. The second-order valence-corrected chi connectivity index (χ2v) is 5.22. The molecule has 3 amide bonds. The molecule has 0 heterocycles. The summed E-state index contributed by atoms with van der Waals surface area (Å²) in [7, 11) is 1.47. The zero-order valence-electron chi connectivity index (χ0n) is 13.3. The van der Waals surface area contributed by atoms with E-state index in [9.17, 15) is 9.59 Å². The Morgan fingerprint density at radius 1 is 1.00 bits per heavy atom. The Morgan fingerprint density at radius 2 is 1.65 bits per heavy atom. The first-order valence-electron chi connectivity index (χ1n) is 7.47. The molecule has 0 saturated carbocycles. The normalized spacial score (nSPS) is 11.6. The minimum absolute atomic E-state index is 0.385. The maximum atomic E-state index is 12.4. The minimum atomic E-state index is -0.604. The SMILES string of the molecule is CNC(=O)NC(=O)[C@@H](NCc1ccccc1C)c1ccccc1. The topological polar surface area (TPSA) is 70.2 Å². The molecule has 0 unspecified atom stereocenters. The van der Waals surface area contributed by atoms with E-state index in [1.165, 1.54) is 7.05 Å². The summed E-state index contributed by atoms with van der Waals surface area (Å²) in [5.41, 5.74) is 3.07. The third-order valence-corrected chi connectivity index (χ3v) is 3.62. The fourth-order valence-corrected chi connectivity index (χ4v) is 2.27. The van der Waals surface area contributed by atoms with Crippen LogP contribution in [0.25, 0.3) is 0 Å². The average molecular weight is 311 g/mol. The van der Waals surface area contributed by atoms with Gasteiger partial charge in [0.25, 0.3) is 0 Å². The fraction of sp³-hybridized carbons (Fsp3) is 0.222. The van der Waals surface area contributed by atoms with Crippen molar-refractivity contribution in [3.05, 3.63) is 71.3 Å². The Labute approximate surface area is 136 Å². The van der Waals surface area contributed by atoms with E-state index in [4.69, 9.17) is 0 Å². The van der Waals surface area contributed by atoms with E-state index in [1.807, 2.05) is 61.5 Å². The van der Waals surface area contributed by atoms with E-state index in [0.717, 1.165) is 16.7 Å². The van der Waals surface area contributed by atoms with E-state index in [0.29, 0.717) is 6.54 Å². The predicted octanol–water partition coefficient (Wildman–Crippen LogP) is 2.28. The molecule has 5 heteroatoms. The number of imide groups is 1. The highest BCUT2D eigenvalue weighted by molar-refractivity contribution is 5.97. The van der Waals surface area contributed by atoms with Crippen LogP contribution < -0.4 is 16.0 Å². The molecular weight excluding hydrogens is 290 g/mol. The second kappa shape index (κ2) is 8.10. The van der Waals surface area contributed by atoms with Crippen LogP contribution in [0.2, 0.25) is 0 Å². The van der Waals surface area contributed by atoms with Gasteiger partial charge in [-0.2, -0.15) is 0 Å². The summed E-state index contributed by atoms with van der Waals surface area (Å²) in [6.45, 7) is 2.56. The average Bonchev–Trinajstić information content (AvgIpc) is 2.57. The number of aryl methyl sites for hydroxylation is 1. The summed E-state index contributed by atoms with van der Waals surface area (Å²) in [5.74, 6) is -0.385. The number of rotatable bonds is 5. The summed E-state index contributed by atoms with van der Waals surface area (Å²) < 4.78 is 0. The largest absolute Gasteiger partial charge is 0.341 e. The molecule has 0 bridgehead atoms. The second-order valence-electron chi connectivity index (χ2n) is 5.22. The third kappa shape index (κ3) is 4.66. The van der Waals surface area contributed by atoms with Gasteiger partial charge in [0, 0.05) is 13.6 Å². The maximum absolute atomic E-state index is 12.4. The molecule has 2 aromatic carbocycles. The predicted molar refractivity (Wildman–Crippen MR) is 89.8 cm³/mol. The molecule has 0 radical (unpaired) electrons. The monoisotopic (exact) mass is 311 g/mol. The van der Waals surface area contributed by atoms with Crippen LogP contribution >= 0.6 is 0 Å². The lowest BCUT2D eigenvalue weighted by Gasteiger charge is -2.19. The first-order chi connectivity index (χ1) is 11.1. The molecule has 120 valence electrons. The summed E-state index contributed by atoms with van der Waals surface area (Å²) in [6, 6.07) is 16.2. The molecule has 0 saturated heterocycles. The number of nitrogens with one attached hydrogen (secondary N) is 3. The lowest BCUT2D eigenvalue weighted by atomic mass is 10.0. The number of urea groups is 1. The Balaban J connectivity index is 2.15. The quantitative estimate of drug-likeness (QED) is 0.793. The Morgan fingerprint density at radius 3 is 2.30 bits per heavy atom. The summed E-state index contributed by atoms with van der Waals surface area (Å²) in [4.78, 5) is 23.8. The Kier molecular flexibility index (Phi) is 5.88. The summed E-state index contributed by atoms with van der Waals surface area (Å²) in [6.07, 6.45) is 0. The molecule has 0 aliphatic rings. The van der Waals surface area contributed by atoms with Crippen LogP contribution in [0.4, 0.5) is 4.79 Å². The van der Waals surface area contributed by atoms with Gasteiger partial charge in [0.05, 0.1) is 0 Å². The number of benzene rings is 2. The van der Waals surface area contributed by atoms with Crippen LogP contribution in [0.5, 0.6) is 0 Å². The number of hydrogen-bond donors (Lipinski definition) is 3. The van der Waals surface area contributed by atoms with Gasteiger partial charge in [-0.15, -0.1) is 0 Å². The van der Waals surface area contributed by atoms with E-state index < -0.39 is 12.1 Å². The lowest BCUT2D eigenvalue weighted by molar-refractivity contribution is -0.122. The van der Waals surface area contributed by atoms with Gasteiger partial charge in [-0.1, -0.05) is 54.6 Å². The van der Waals surface area contributed by atoms with Crippen molar-refractivity contribution in [1.29, 1.82) is 0 Å². The maximum Gasteiger partial charge on any atom is 0.321 e.